The van der Waals surface area contributed by atoms with Crippen LogP contribution in [0.2, 0.25) is 0 Å². The minimum absolute atomic E-state index is 0.0703. The fourth-order valence-corrected chi connectivity index (χ4v) is 4.12. The first-order valence-electron chi connectivity index (χ1n) is 8.09. The second kappa shape index (κ2) is 5.93. The van der Waals surface area contributed by atoms with E-state index in [1.165, 1.54) is 28.8 Å². The van der Waals surface area contributed by atoms with E-state index in [9.17, 15) is 23.1 Å². The summed E-state index contributed by atoms with van der Waals surface area (Å²) >= 11 is 0. The number of nitrogens with one attached hydrogen (secondary N) is 1. The SMILES string of the molecule is NS(=O)(=O)c1ccccc1NC(=O)c1c(O)c2cccc3c2n(c1=O)CC3. The van der Waals surface area contributed by atoms with Crippen molar-refractivity contribution in [3.63, 3.8) is 0 Å². The Balaban J connectivity index is 1.86. The highest BCUT2D eigenvalue weighted by atomic mass is 32.2. The molecule has 1 amide bonds. The number of carbonyl (C=O) groups excluding carboxylic acids is 1. The van der Waals surface area contributed by atoms with Crippen LogP contribution in [0.25, 0.3) is 10.9 Å². The minimum atomic E-state index is -4.08. The number of hydrogen-bond acceptors (Lipinski definition) is 5. The molecule has 27 heavy (non-hydrogen) atoms. The molecule has 0 aliphatic carbocycles. The van der Waals surface area contributed by atoms with Crippen LogP contribution in [-0.4, -0.2) is 24.0 Å². The van der Waals surface area contributed by atoms with Crippen LogP contribution in [0.5, 0.6) is 5.75 Å². The average Bonchev–Trinajstić information content (AvgIpc) is 3.04. The van der Waals surface area contributed by atoms with E-state index in [4.69, 9.17) is 5.14 Å². The standard InChI is InChI=1S/C18H15N3O5S/c19-27(25,26)13-7-2-1-6-12(13)20-17(23)14-16(22)11-5-3-4-10-8-9-21(15(10)11)18(14)24/h1-7,22H,8-9H2,(H,20,23)(H2,19,25,26). The molecule has 138 valence electrons. The predicted molar refractivity (Wildman–Crippen MR) is 99.3 cm³/mol. The Labute approximate surface area is 153 Å². The molecule has 4 N–H and O–H groups in total. The number of aromatic hydroxyl groups is 1. The second-order valence-corrected chi connectivity index (χ2v) is 7.77. The van der Waals surface area contributed by atoms with Crippen molar-refractivity contribution in [1.29, 1.82) is 0 Å². The van der Waals surface area contributed by atoms with E-state index < -0.39 is 32.8 Å². The van der Waals surface area contributed by atoms with Gasteiger partial charge in [-0.15, -0.1) is 0 Å². The van der Waals surface area contributed by atoms with E-state index in [1.807, 2.05) is 6.07 Å². The van der Waals surface area contributed by atoms with Crippen molar-refractivity contribution >= 4 is 32.5 Å². The largest absolute Gasteiger partial charge is 0.506 e. The molecule has 0 unspecified atom stereocenters. The lowest BCUT2D eigenvalue weighted by atomic mass is 10.1. The molecule has 1 aliphatic rings. The van der Waals surface area contributed by atoms with E-state index in [-0.39, 0.29) is 10.6 Å². The maximum atomic E-state index is 12.8. The highest BCUT2D eigenvalue weighted by molar-refractivity contribution is 7.89. The summed E-state index contributed by atoms with van der Waals surface area (Å²) in [6.45, 7) is 0.406. The molecule has 2 heterocycles. The zero-order chi connectivity index (χ0) is 19.3. The van der Waals surface area contributed by atoms with Gasteiger partial charge in [-0.25, -0.2) is 13.6 Å². The molecular formula is C18H15N3O5S. The lowest BCUT2D eigenvalue weighted by Gasteiger charge is -2.13. The van der Waals surface area contributed by atoms with Gasteiger partial charge in [-0.1, -0.05) is 24.3 Å². The zero-order valence-corrected chi connectivity index (χ0v) is 14.8. The number of anilines is 1. The molecule has 3 aromatic rings. The molecule has 8 nitrogen and oxygen atoms in total. The van der Waals surface area contributed by atoms with E-state index >= 15 is 0 Å². The smallest absolute Gasteiger partial charge is 0.267 e. The molecule has 0 atom stereocenters. The zero-order valence-electron chi connectivity index (χ0n) is 14.0. The normalized spacial score (nSPS) is 13.1. The fraction of sp³-hybridized carbons (Fsp3) is 0.111. The van der Waals surface area contributed by atoms with Crippen LogP contribution in [0.3, 0.4) is 0 Å². The summed E-state index contributed by atoms with van der Waals surface area (Å²) < 4.78 is 24.8. The van der Waals surface area contributed by atoms with Gasteiger partial charge in [0.15, 0.2) is 0 Å². The third-order valence-electron chi connectivity index (χ3n) is 4.61. The van der Waals surface area contributed by atoms with Crippen molar-refractivity contribution in [2.75, 3.05) is 5.32 Å². The number of aromatic nitrogens is 1. The first-order valence-corrected chi connectivity index (χ1v) is 9.64. The number of para-hydroxylation sites is 2. The number of aryl methyl sites for hydroxylation is 2. The van der Waals surface area contributed by atoms with Gasteiger partial charge in [-0.3, -0.25) is 9.59 Å². The second-order valence-electron chi connectivity index (χ2n) is 6.24. The predicted octanol–water partition coefficient (Wildman–Crippen LogP) is 1.16. The van der Waals surface area contributed by atoms with Crippen LogP contribution in [0.1, 0.15) is 15.9 Å². The van der Waals surface area contributed by atoms with E-state index in [2.05, 4.69) is 5.32 Å². The number of amides is 1. The first-order chi connectivity index (χ1) is 12.8. The van der Waals surface area contributed by atoms with Crippen LogP contribution in [0.4, 0.5) is 5.69 Å². The van der Waals surface area contributed by atoms with Gasteiger partial charge in [0.1, 0.15) is 16.2 Å². The van der Waals surface area contributed by atoms with Crippen LogP contribution < -0.4 is 16.0 Å². The summed E-state index contributed by atoms with van der Waals surface area (Å²) in [5.74, 6) is -1.34. The quantitative estimate of drug-likeness (QED) is 0.623. The molecule has 0 bridgehead atoms. The van der Waals surface area contributed by atoms with Gasteiger partial charge >= 0.3 is 0 Å². The summed E-state index contributed by atoms with van der Waals surface area (Å²) in [6.07, 6.45) is 0.630. The van der Waals surface area contributed by atoms with Crippen molar-refractivity contribution in [1.82, 2.24) is 4.57 Å². The van der Waals surface area contributed by atoms with Crippen LogP contribution in [-0.2, 0) is 23.0 Å². The maximum Gasteiger partial charge on any atom is 0.267 e. The molecule has 1 aliphatic heterocycles. The van der Waals surface area contributed by atoms with E-state index in [1.54, 1.807) is 12.1 Å². The Bertz CT molecular complexity index is 1280. The molecule has 0 saturated heterocycles. The number of sulfonamides is 1. The Morgan fingerprint density at radius 1 is 1.15 bits per heavy atom. The molecule has 0 saturated carbocycles. The lowest BCUT2D eigenvalue weighted by Crippen LogP contribution is -2.29. The van der Waals surface area contributed by atoms with Crippen molar-refractivity contribution in [2.24, 2.45) is 5.14 Å². The summed E-state index contributed by atoms with van der Waals surface area (Å²) in [4.78, 5) is 25.2. The monoisotopic (exact) mass is 385 g/mol. The summed E-state index contributed by atoms with van der Waals surface area (Å²) in [7, 11) is -4.08. The molecule has 0 radical (unpaired) electrons. The van der Waals surface area contributed by atoms with Crippen LogP contribution in [0, 0.1) is 0 Å². The number of primary sulfonamides is 1. The average molecular weight is 385 g/mol. The molecular weight excluding hydrogens is 370 g/mol. The van der Waals surface area contributed by atoms with Gasteiger partial charge in [0.05, 0.1) is 11.2 Å². The number of hydrogen-bond donors (Lipinski definition) is 3. The minimum Gasteiger partial charge on any atom is -0.506 e. The third-order valence-corrected chi connectivity index (χ3v) is 5.58. The maximum absolute atomic E-state index is 12.8. The molecule has 0 spiro atoms. The van der Waals surface area contributed by atoms with Gasteiger partial charge in [-0.05, 0) is 30.2 Å². The first kappa shape index (κ1) is 17.3. The fourth-order valence-electron chi connectivity index (χ4n) is 3.43. The van der Waals surface area contributed by atoms with Crippen molar-refractivity contribution in [2.45, 2.75) is 17.9 Å². The molecule has 1 aromatic heterocycles. The van der Waals surface area contributed by atoms with Crippen LogP contribution in [0.15, 0.2) is 52.2 Å². The highest BCUT2D eigenvalue weighted by Crippen LogP contribution is 2.32. The van der Waals surface area contributed by atoms with Gasteiger partial charge in [0, 0.05) is 11.9 Å². The topological polar surface area (TPSA) is 131 Å². The number of carbonyl (C=O) groups is 1. The van der Waals surface area contributed by atoms with Crippen LogP contribution >= 0.6 is 0 Å². The molecule has 4 rings (SSSR count). The van der Waals surface area contributed by atoms with Crippen molar-refractivity contribution in [3.8, 4) is 5.75 Å². The Hall–Kier alpha value is -3.17. The van der Waals surface area contributed by atoms with E-state index in [0.29, 0.717) is 23.9 Å². The van der Waals surface area contributed by atoms with E-state index in [0.717, 1.165) is 5.56 Å². The summed E-state index contributed by atoms with van der Waals surface area (Å²) in [5, 5.41) is 18.5. The number of nitrogens with two attached hydrogens (primary N) is 1. The lowest BCUT2D eigenvalue weighted by molar-refractivity contribution is 0.102. The van der Waals surface area contributed by atoms with Gasteiger partial charge in [-0.2, -0.15) is 0 Å². The summed E-state index contributed by atoms with van der Waals surface area (Å²) in [5.41, 5.74) is 0.397. The van der Waals surface area contributed by atoms with Crippen molar-refractivity contribution < 1.29 is 18.3 Å². The molecule has 0 fully saturated rings. The number of benzene rings is 2. The summed E-state index contributed by atoms with van der Waals surface area (Å²) in [6, 6.07) is 10.8. The number of nitrogens with zero attached hydrogens (tertiary/aromatic N) is 1. The van der Waals surface area contributed by atoms with Gasteiger partial charge in [0.2, 0.25) is 10.0 Å². The number of rotatable bonds is 3. The Morgan fingerprint density at radius 2 is 1.89 bits per heavy atom. The Morgan fingerprint density at radius 3 is 2.63 bits per heavy atom. The molecule has 2 aromatic carbocycles. The number of pyridine rings is 1. The highest BCUT2D eigenvalue weighted by Gasteiger charge is 2.27. The van der Waals surface area contributed by atoms with Gasteiger partial charge in [0.25, 0.3) is 11.5 Å². The third kappa shape index (κ3) is 2.68. The van der Waals surface area contributed by atoms with Gasteiger partial charge < -0.3 is 15.0 Å². The van der Waals surface area contributed by atoms with Crippen molar-refractivity contribution in [3.05, 3.63) is 63.9 Å². The molecule has 9 heteroatoms. The Kier molecular flexibility index (Phi) is 3.79.